The molecule has 6 rings (SSSR count). The van der Waals surface area contributed by atoms with Crippen molar-refractivity contribution < 1.29 is 40.6 Å². The Labute approximate surface area is 263 Å². The van der Waals surface area contributed by atoms with Crippen molar-refractivity contribution >= 4 is 27.1 Å². The first-order valence-corrected chi connectivity index (χ1v) is 16.0. The van der Waals surface area contributed by atoms with Gasteiger partial charge in [-0.25, -0.2) is 17.8 Å². The number of aryl methyl sites for hydroxylation is 2. The Balaban J connectivity index is 1.58. The monoisotopic (exact) mass is 653 g/mol. The lowest BCUT2D eigenvalue weighted by Crippen LogP contribution is -2.41. The van der Waals surface area contributed by atoms with Crippen LogP contribution in [0.15, 0.2) is 81.7 Å². The van der Waals surface area contributed by atoms with E-state index in [1.54, 1.807) is 19.9 Å². The molecule has 3 heterocycles. The molecule has 46 heavy (non-hydrogen) atoms. The molecular weight excluding hydrogens is 623 g/mol. The highest BCUT2D eigenvalue weighted by atomic mass is 32.2. The minimum atomic E-state index is -4.21. The molecule has 9 nitrogen and oxygen atoms in total. The van der Waals surface area contributed by atoms with E-state index >= 15 is 4.39 Å². The summed E-state index contributed by atoms with van der Waals surface area (Å²) < 4.78 is 84.8. The Hall–Kier alpha value is -4.78. The maximum atomic E-state index is 16.3. The van der Waals surface area contributed by atoms with Crippen LogP contribution in [0.25, 0.3) is 0 Å². The molecule has 0 spiro atoms. The number of nitrogens with zero attached hydrogens (tertiary/aromatic N) is 2. The third-order valence-electron chi connectivity index (χ3n) is 7.88. The topological polar surface area (TPSA) is 122 Å². The fourth-order valence-corrected chi connectivity index (χ4v) is 8.44. The summed E-state index contributed by atoms with van der Waals surface area (Å²) in [6.07, 6.45) is -3.64. The molecular formula is C33H30F3N3O6S. The summed E-state index contributed by atoms with van der Waals surface area (Å²) in [7, 11) is -4.21. The second-order valence-electron chi connectivity index (χ2n) is 12.1. The van der Waals surface area contributed by atoms with Gasteiger partial charge >= 0.3 is 6.11 Å². The third-order valence-corrected chi connectivity index (χ3v) is 10.2. The molecule has 3 aromatic carbocycles. The van der Waals surface area contributed by atoms with Gasteiger partial charge in [0.2, 0.25) is 0 Å². The standard InChI is InChI=1S/C33H30F3N3O6S/c1-18-27(37-19(2)44-18)31(41)39-25-11-8-12-26(40)28(25)38-24-16-32(3,4)17-46(42,43)30(24)29(39)22-14-13-21(15-23(22)34)45-33(35,36)20-9-6-5-7-10-20/h5-15,29,38,40H,16-17H2,1-4H3. The first kappa shape index (κ1) is 31.2. The van der Waals surface area contributed by atoms with Gasteiger partial charge in [0.15, 0.2) is 21.4 Å². The average molecular weight is 654 g/mol. The fraction of sp³-hybridized carbons (Fsp3) is 0.273. The predicted molar refractivity (Wildman–Crippen MR) is 164 cm³/mol. The van der Waals surface area contributed by atoms with Crippen molar-refractivity contribution in [1.82, 2.24) is 4.98 Å². The SMILES string of the molecule is Cc1nc(C(=O)N2c3cccc(O)c3NC3=C(C2c2ccc(OC(F)(F)c4ccccc4)cc2F)S(=O)(=O)CC(C)(C)C3)c(C)o1. The van der Waals surface area contributed by atoms with E-state index < -0.39 is 50.4 Å². The van der Waals surface area contributed by atoms with Gasteiger partial charge in [0.25, 0.3) is 5.91 Å². The van der Waals surface area contributed by atoms with Gasteiger partial charge in [-0.15, -0.1) is 0 Å². The van der Waals surface area contributed by atoms with E-state index in [9.17, 15) is 27.1 Å². The number of nitrogens with one attached hydrogen (secondary N) is 1. The lowest BCUT2D eigenvalue weighted by Gasteiger charge is -2.37. The lowest BCUT2D eigenvalue weighted by molar-refractivity contribution is -0.185. The Kier molecular flexibility index (Phi) is 7.42. The number of phenols is 1. The van der Waals surface area contributed by atoms with Crippen LogP contribution < -0.4 is 15.0 Å². The first-order valence-electron chi connectivity index (χ1n) is 14.3. The lowest BCUT2D eigenvalue weighted by atomic mass is 9.88. The molecule has 0 saturated heterocycles. The van der Waals surface area contributed by atoms with Gasteiger partial charge in [-0.1, -0.05) is 38.1 Å². The summed E-state index contributed by atoms with van der Waals surface area (Å²) >= 11 is 0. The average Bonchev–Trinajstić information content (AvgIpc) is 3.22. The number of allylic oxidation sites excluding steroid dienone is 1. The molecule has 2 aliphatic rings. The van der Waals surface area contributed by atoms with Crippen molar-refractivity contribution in [1.29, 1.82) is 0 Å². The number of alkyl halides is 2. The number of sulfone groups is 1. The largest absolute Gasteiger partial charge is 0.506 e. The Morgan fingerprint density at radius 3 is 2.48 bits per heavy atom. The molecule has 2 N–H and O–H groups in total. The summed E-state index contributed by atoms with van der Waals surface area (Å²) in [5.41, 5.74) is -1.47. The summed E-state index contributed by atoms with van der Waals surface area (Å²) in [6.45, 7) is 6.55. The van der Waals surface area contributed by atoms with Crippen LogP contribution in [0.2, 0.25) is 0 Å². The number of carbonyl (C=O) groups excluding carboxylic acids is 1. The van der Waals surface area contributed by atoms with Crippen molar-refractivity contribution in [2.45, 2.75) is 46.3 Å². The molecule has 1 aromatic heterocycles. The number of phenolic OH excluding ortho intramolecular Hbond substituents is 1. The third kappa shape index (κ3) is 5.48. The van der Waals surface area contributed by atoms with E-state index in [4.69, 9.17) is 9.15 Å². The highest BCUT2D eigenvalue weighted by Crippen LogP contribution is 2.52. The number of aromatic nitrogens is 1. The van der Waals surface area contributed by atoms with Gasteiger partial charge in [0.05, 0.1) is 21.9 Å². The number of benzene rings is 3. The van der Waals surface area contributed by atoms with Crippen molar-refractivity contribution in [3.63, 3.8) is 0 Å². The van der Waals surface area contributed by atoms with Crippen LogP contribution in [0.3, 0.4) is 0 Å². The number of para-hydroxylation sites is 1. The number of hydrogen-bond acceptors (Lipinski definition) is 8. The molecule has 240 valence electrons. The molecule has 0 fully saturated rings. The molecule has 13 heteroatoms. The van der Waals surface area contributed by atoms with Gasteiger partial charge in [-0.3, -0.25) is 9.69 Å². The number of rotatable bonds is 5. The second kappa shape index (κ2) is 10.9. The van der Waals surface area contributed by atoms with Crippen LogP contribution in [-0.2, 0) is 15.9 Å². The smallest absolute Gasteiger partial charge is 0.426 e. The zero-order valence-electron chi connectivity index (χ0n) is 25.3. The number of amides is 1. The van der Waals surface area contributed by atoms with Crippen LogP contribution >= 0.6 is 0 Å². The molecule has 1 atom stereocenters. The highest BCUT2D eigenvalue weighted by molar-refractivity contribution is 7.95. The van der Waals surface area contributed by atoms with Crippen molar-refractivity contribution in [2.24, 2.45) is 5.41 Å². The minimum Gasteiger partial charge on any atom is -0.506 e. The van der Waals surface area contributed by atoms with Crippen LogP contribution in [0, 0.1) is 25.1 Å². The number of carbonyl (C=O) groups is 1. The van der Waals surface area contributed by atoms with Gasteiger partial charge in [-0.2, -0.15) is 8.78 Å². The van der Waals surface area contributed by atoms with Crippen molar-refractivity contribution in [3.05, 3.63) is 112 Å². The van der Waals surface area contributed by atoms with E-state index in [-0.39, 0.29) is 62.8 Å². The predicted octanol–water partition coefficient (Wildman–Crippen LogP) is 7.13. The van der Waals surface area contributed by atoms with E-state index in [2.05, 4.69) is 10.3 Å². The zero-order chi connectivity index (χ0) is 33.2. The molecule has 4 aromatic rings. The van der Waals surface area contributed by atoms with Gasteiger partial charge < -0.3 is 19.6 Å². The molecule has 2 aliphatic heterocycles. The number of ether oxygens (including phenoxy) is 1. The summed E-state index contributed by atoms with van der Waals surface area (Å²) in [5, 5.41) is 14.0. The van der Waals surface area contributed by atoms with E-state index in [1.165, 1.54) is 44.2 Å². The Bertz CT molecular complexity index is 2010. The number of fused-ring (bicyclic) bond motifs is 1. The Morgan fingerprint density at radius 2 is 1.83 bits per heavy atom. The zero-order valence-corrected chi connectivity index (χ0v) is 26.1. The number of halogens is 3. The van der Waals surface area contributed by atoms with E-state index in [0.29, 0.717) is 0 Å². The maximum Gasteiger partial charge on any atom is 0.426 e. The van der Waals surface area contributed by atoms with Crippen LogP contribution in [0.1, 0.15) is 59.6 Å². The van der Waals surface area contributed by atoms with Crippen molar-refractivity contribution in [3.8, 4) is 11.5 Å². The summed E-state index contributed by atoms with van der Waals surface area (Å²) in [5.74, 6) is -2.78. The number of oxazole rings is 1. The summed E-state index contributed by atoms with van der Waals surface area (Å²) in [6, 6.07) is 12.3. The van der Waals surface area contributed by atoms with E-state index in [1.807, 2.05) is 0 Å². The molecule has 1 amide bonds. The normalized spacial score (nSPS) is 18.7. The van der Waals surface area contributed by atoms with Crippen LogP contribution in [-0.4, -0.2) is 30.2 Å². The van der Waals surface area contributed by atoms with Gasteiger partial charge in [0.1, 0.15) is 34.8 Å². The highest BCUT2D eigenvalue weighted by Gasteiger charge is 2.48. The molecule has 1 unspecified atom stereocenters. The van der Waals surface area contributed by atoms with E-state index in [0.717, 1.165) is 35.2 Å². The van der Waals surface area contributed by atoms with Gasteiger partial charge in [-0.05, 0) is 55.2 Å². The Morgan fingerprint density at radius 1 is 1.11 bits per heavy atom. The first-order chi connectivity index (χ1) is 21.6. The quantitative estimate of drug-likeness (QED) is 0.218. The van der Waals surface area contributed by atoms with Crippen molar-refractivity contribution in [2.75, 3.05) is 16.0 Å². The number of hydrogen-bond donors (Lipinski definition) is 2. The molecule has 0 saturated carbocycles. The van der Waals surface area contributed by atoms with Crippen LogP contribution in [0.5, 0.6) is 11.5 Å². The van der Waals surface area contributed by atoms with Crippen LogP contribution in [0.4, 0.5) is 24.5 Å². The molecule has 0 aliphatic carbocycles. The second-order valence-corrected chi connectivity index (χ2v) is 14.1. The fourth-order valence-electron chi connectivity index (χ4n) is 6.08. The summed E-state index contributed by atoms with van der Waals surface area (Å²) in [4.78, 5) is 19.4. The van der Waals surface area contributed by atoms with Gasteiger partial charge in [0, 0.05) is 24.3 Å². The molecule has 0 radical (unpaired) electrons. The number of anilines is 2. The molecule has 0 bridgehead atoms. The minimum absolute atomic E-state index is 0.0273. The maximum absolute atomic E-state index is 16.3. The number of aromatic hydroxyl groups is 1.